The number of carbonyl (C=O) groups excluding carboxylic acids is 1. The van der Waals surface area contributed by atoms with E-state index in [1.807, 2.05) is 65.6 Å². The highest BCUT2D eigenvalue weighted by atomic mass is 19.1. The molecule has 0 saturated carbocycles. The summed E-state index contributed by atoms with van der Waals surface area (Å²) in [5, 5.41) is 4.94. The smallest absolute Gasteiger partial charge is 0.254 e. The number of aromatic nitrogens is 2. The molecule has 7 heteroatoms. The molecule has 0 radical (unpaired) electrons. The zero-order chi connectivity index (χ0) is 26.5. The van der Waals surface area contributed by atoms with Gasteiger partial charge < -0.3 is 14.4 Å². The summed E-state index contributed by atoms with van der Waals surface area (Å²) in [5.41, 5.74) is 3.03. The van der Waals surface area contributed by atoms with Gasteiger partial charge in [-0.3, -0.25) is 4.79 Å². The Balaban J connectivity index is 1.60. The molecule has 2 heterocycles. The molecule has 1 unspecified atom stereocenters. The lowest BCUT2D eigenvalue weighted by molar-refractivity contribution is 0.0505. The van der Waals surface area contributed by atoms with Gasteiger partial charge >= 0.3 is 0 Å². The Labute approximate surface area is 222 Å². The Kier molecular flexibility index (Phi) is 7.84. The first kappa shape index (κ1) is 25.7. The molecule has 1 aliphatic rings. The lowest BCUT2D eigenvalue weighted by Gasteiger charge is -2.26. The summed E-state index contributed by atoms with van der Waals surface area (Å²) in [7, 11) is 0. The molecule has 6 nitrogen and oxygen atoms in total. The summed E-state index contributed by atoms with van der Waals surface area (Å²) in [5.74, 6) is 0.404. The number of benzene rings is 3. The molecule has 0 spiro atoms. The number of amides is 1. The molecule has 5 rings (SSSR count). The predicted molar refractivity (Wildman–Crippen MR) is 144 cm³/mol. The second-order valence-corrected chi connectivity index (χ2v) is 9.82. The highest BCUT2D eigenvalue weighted by Gasteiger charge is 2.29. The number of hydrogen-bond acceptors (Lipinski definition) is 4. The van der Waals surface area contributed by atoms with Crippen molar-refractivity contribution >= 4 is 5.91 Å². The van der Waals surface area contributed by atoms with Crippen molar-refractivity contribution in [3.8, 4) is 17.3 Å². The molecule has 4 aromatic rings. The van der Waals surface area contributed by atoms with Crippen molar-refractivity contribution in [3.63, 3.8) is 0 Å². The maximum absolute atomic E-state index is 14.1. The summed E-state index contributed by atoms with van der Waals surface area (Å²) in [6.45, 7) is 5.57. The van der Waals surface area contributed by atoms with Gasteiger partial charge in [-0.2, -0.15) is 5.10 Å². The average molecular weight is 514 g/mol. The summed E-state index contributed by atoms with van der Waals surface area (Å²) < 4.78 is 28.1. The number of rotatable bonds is 9. The molecule has 1 fully saturated rings. The van der Waals surface area contributed by atoms with Crippen molar-refractivity contribution in [3.05, 3.63) is 108 Å². The van der Waals surface area contributed by atoms with Crippen molar-refractivity contribution in [2.45, 2.75) is 45.3 Å². The third-order valence-electron chi connectivity index (χ3n) is 6.63. The highest BCUT2D eigenvalue weighted by Crippen LogP contribution is 2.35. The summed E-state index contributed by atoms with van der Waals surface area (Å²) >= 11 is 0. The number of halogens is 1. The fourth-order valence-corrected chi connectivity index (χ4v) is 4.76. The van der Waals surface area contributed by atoms with Gasteiger partial charge in [0.2, 0.25) is 5.88 Å². The van der Waals surface area contributed by atoms with Crippen molar-refractivity contribution in [2.75, 3.05) is 13.2 Å². The number of carbonyl (C=O) groups is 1. The van der Waals surface area contributed by atoms with Crippen LogP contribution in [0.2, 0.25) is 0 Å². The third-order valence-corrected chi connectivity index (χ3v) is 6.63. The molecule has 0 N–H and O–H groups in total. The maximum atomic E-state index is 14.1. The molecule has 1 aliphatic heterocycles. The van der Waals surface area contributed by atoms with Crippen LogP contribution in [0.15, 0.2) is 84.9 Å². The fourth-order valence-electron chi connectivity index (χ4n) is 4.76. The Hall–Kier alpha value is -3.97. The molecule has 1 atom stereocenters. The van der Waals surface area contributed by atoms with E-state index in [0.717, 1.165) is 29.8 Å². The third kappa shape index (κ3) is 5.78. The van der Waals surface area contributed by atoms with Crippen LogP contribution >= 0.6 is 0 Å². The maximum Gasteiger partial charge on any atom is 0.254 e. The first-order valence-electron chi connectivity index (χ1n) is 13.1. The molecule has 0 aliphatic carbocycles. The van der Waals surface area contributed by atoms with Crippen molar-refractivity contribution < 1.29 is 18.7 Å². The van der Waals surface area contributed by atoms with Crippen LogP contribution in [0.25, 0.3) is 5.69 Å². The van der Waals surface area contributed by atoms with Crippen molar-refractivity contribution in [1.29, 1.82) is 0 Å². The standard InChI is InChI=1S/C31H32FN3O3/c1-22(2)29-28(21-34(20-27-17-10-18-37-27)30(36)23-11-5-3-6-12-23)31(38-26-16-9-13-24(32)19-26)35(33-29)25-14-7-4-8-15-25/h3-9,11-16,19,22,27H,10,17-18,20-21H2,1-2H3. The molecule has 1 amide bonds. The van der Waals surface area contributed by atoms with Gasteiger partial charge in [0.15, 0.2) is 0 Å². The normalized spacial score (nSPS) is 15.1. The molecule has 0 bridgehead atoms. The van der Waals surface area contributed by atoms with Gasteiger partial charge in [-0.15, -0.1) is 0 Å². The lowest BCUT2D eigenvalue weighted by Crippen LogP contribution is -2.37. The second-order valence-electron chi connectivity index (χ2n) is 9.82. The van der Waals surface area contributed by atoms with E-state index < -0.39 is 5.82 Å². The molecule has 3 aromatic carbocycles. The predicted octanol–water partition coefficient (Wildman–Crippen LogP) is 6.75. The Morgan fingerprint density at radius 3 is 2.47 bits per heavy atom. The Morgan fingerprint density at radius 2 is 1.82 bits per heavy atom. The second kappa shape index (κ2) is 11.6. The fraction of sp³-hybridized carbons (Fsp3) is 0.290. The number of nitrogens with zero attached hydrogens (tertiary/aromatic N) is 3. The minimum atomic E-state index is -0.391. The largest absolute Gasteiger partial charge is 0.438 e. The first-order valence-corrected chi connectivity index (χ1v) is 13.1. The Bertz CT molecular complexity index is 1370. The van der Waals surface area contributed by atoms with Gasteiger partial charge in [0, 0.05) is 24.8 Å². The van der Waals surface area contributed by atoms with E-state index in [0.29, 0.717) is 30.3 Å². The first-order chi connectivity index (χ1) is 18.5. The average Bonchev–Trinajstić information content (AvgIpc) is 3.57. The minimum absolute atomic E-state index is 0.0260. The van der Waals surface area contributed by atoms with Crippen LogP contribution in [-0.4, -0.2) is 39.8 Å². The van der Waals surface area contributed by atoms with Crippen molar-refractivity contribution in [2.24, 2.45) is 0 Å². The van der Waals surface area contributed by atoms with Crippen molar-refractivity contribution in [1.82, 2.24) is 14.7 Å². The van der Waals surface area contributed by atoms with Crippen LogP contribution in [0.4, 0.5) is 4.39 Å². The summed E-state index contributed by atoms with van der Waals surface area (Å²) in [4.78, 5) is 15.6. The van der Waals surface area contributed by atoms with Crippen LogP contribution in [0, 0.1) is 5.82 Å². The number of ether oxygens (including phenoxy) is 2. The van der Waals surface area contributed by atoms with Gasteiger partial charge in [0.05, 0.1) is 29.6 Å². The van der Waals surface area contributed by atoms with E-state index >= 15 is 0 Å². The van der Waals surface area contributed by atoms with Crippen LogP contribution in [0.1, 0.15) is 54.2 Å². The lowest BCUT2D eigenvalue weighted by atomic mass is 10.0. The van der Waals surface area contributed by atoms with E-state index in [2.05, 4.69) is 13.8 Å². The van der Waals surface area contributed by atoms with Gasteiger partial charge in [-0.05, 0) is 55.2 Å². The quantitative estimate of drug-likeness (QED) is 0.248. The van der Waals surface area contributed by atoms with Crippen LogP contribution < -0.4 is 4.74 Å². The molecule has 1 aromatic heterocycles. The molecule has 1 saturated heterocycles. The van der Waals surface area contributed by atoms with Gasteiger partial charge in [-0.1, -0.05) is 56.3 Å². The Morgan fingerprint density at radius 1 is 1.08 bits per heavy atom. The topological polar surface area (TPSA) is 56.6 Å². The summed E-state index contributed by atoms with van der Waals surface area (Å²) in [6.07, 6.45) is 1.86. The molecule has 196 valence electrons. The van der Waals surface area contributed by atoms with E-state index in [1.54, 1.807) is 16.8 Å². The van der Waals surface area contributed by atoms with E-state index in [1.165, 1.54) is 12.1 Å². The SMILES string of the molecule is CC(C)c1nn(-c2ccccc2)c(Oc2cccc(F)c2)c1CN(CC1CCCO1)C(=O)c1ccccc1. The van der Waals surface area contributed by atoms with Gasteiger partial charge in [0.1, 0.15) is 11.6 Å². The highest BCUT2D eigenvalue weighted by molar-refractivity contribution is 5.94. The summed E-state index contributed by atoms with van der Waals surface area (Å²) in [6, 6.07) is 25.0. The number of para-hydroxylation sites is 1. The minimum Gasteiger partial charge on any atom is -0.438 e. The van der Waals surface area contributed by atoms with E-state index in [4.69, 9.17) is 14.6 Å². The molecular weight excluding hydrogens is 481 g/mol. The van der Waals surface area contributed by atoms with E-state index in [9.17, 15) is 9.18 Å². The van der Waals surface area contributed by atoms with Gasteiger partial charge in [-0.25, -0.2) is 9.07 Å². The van der Waals surface area contributed by atoms with E-state index in [-0.39, 0.29) is 24.5 Å². The molecular formula is C31H32FN3O3. The zero-order valence-electron chi connectivity index (χ0n) is 21.7. The monoisotopic (exact) mass is 513 g/mol. The van der Waals surface area contributed by atoms with Crippen LogP contribution in [0.3, 0.4) is 0 Å². The molecule has 38 heavy (non-hydrogen) atoms. The van der Waals surface area contributed by atoms with Crippen LogP contribution in [-0.2, 0) is 11.3 Å². The van der Waals surface area contributed by atoms with Gasteiger partial charge in [0.25, 0.3) is 5.91 Å². The zero-order valence-corrected chi connectivity index (χ0v) is 21.7. The number of hydrogen-bond donors (Lipinski definition) is 0. The van der Waals surface area contributed by atoms with Crippen LogP contribution in [0.5, 0.6) is 11.6 Å².